The van der Waals surface area contributed by atoms with Crippen LogP contribution in [0.2, 0.25) is 0 Å². The van der Waals surface area contributed by atoms with Gasteiger partial charge in [0, 0.05) is 12.1 Å². The Bertz CT molecular complexity index is 458. The molecule has 0 spiro atoms. The van der Waals surface area contributed by atoms with E-state index in [9.17, 15) is 4.79 Å². The van der Waals surface area contributed by atoms with Crippen LogP contribution in [0.1, 0.15) is 41.1 Å². The summed E-state index contributed by atoms with van der Waals surface area (Å²) in [6.45, 7) is 3.60. The number of amides is 1. The molecule has 3 nitrogen and oxygen atoms in total. The molecule has 96 valence electrons. The molecule has 1 amide bonds. The lowest BCUT2D eigenvalue weighted by atomic mass is 9.75. The minimum atomic E-state index is -0.288. The topological polar surface area (TPSA) is 46.3 Å². The van der Waals surface area contributed by atoms with Gasteiger partial charge < -0.3 is 10.6 Å². The van der Waals surface area contributed by atoms with Crippen LogP contribution in [0.25, 0.3) is 0 Å². The van der Waals surface area contributed by atoms with Gasteiger partial charge in [-0.1, -0.05) is 18.2 Å². The molecular formula is C15H20N2O. The van der Waals surface area contributed by atoms with Crippen molar-refractivity contribution in [3.8, 4) is 0 Å². The molecule has 3 atom stereocenters. The number of rotatable bonds is 2. The Balaban J connectivity index is 1.92. The van der Waals surface area contributed by atoms with Crippen LogP contribution < -0.4 is 5.73 Å². The van der Waals surface area contributed by atoms with E-state index >= 15 is 0 Å². The first-order valence-corrected chi connectivity index (χ1v) is 6.87. The predicted octanol–water partition coefficient (Wildman–Crippen LogP) is 1.98. The Labute approximate surface area is 108 Å². The van der Waals surface area contributed by atoms with Gasteiger partial charge in [-0.3, -0.25) is 4.79 Å². The molecule has 2 fully saturated rings. The zero-order valence-electron chi connectivity index (χ0n) is 10.6. The van der Waals surface area contributed by atoms with Crippen LogP contribution in [0.3, 0.4) is 0 Å². The summed E-state index contributed by atoms with van der Waals surface area (Å²) in [5.74, 6) is 0.932. The molecule has 0 saturated carbocycles. The van der Waals surface area contributed by atoms with Gasteiger partial charge in [-0.15, -0.1) is 0 Å². The second-order valence-corrected chi connectivity index (χ2v) is 5.55. The highest BCUT2D eigenvalue weighted by atomic mass is 16.1. The van der Waals surface area contributed by atoms with E-state index in [1.807, 2.05) is 18.2 Å². The molecule has 0 radical (unpaired) electrons. The summed E-state index contributed by atoms with van der Waals surface area (Å²) >= 11 is 0. The second-order valence-electron chi connectivity index (χ2n) is 5.55. The summed E-state index contributed by atoms with van der Waals surface area (Å²) in [7, 11) is 0. The van der Waals surface area contributed by atoms with Gasteiger partial charge in [-0.2, -0.15) is 0 Å². The van der Waals surface area contributed by atoms with Crippen LogP contribution in [-0.2, 0) is 0 Å². The van der Waals surface area contributed by atoms with Gasteiger partial charge in [0.1, 0.15) is 0 Å². The molecule has 2 heterocycles. The third kappa shape index (κ3) is 2.03. The van der Waals surface area contributed by atoms with Gasteiger partial charge in [-0.05, 0) is 55.8 Å². The van der Waals surface area contributed by atoms with Crippen LogP contribution in [0.4, 0.5) is 0 Å². The smallest absolute Gasteiger partial charge is 0.248 e. The molecule has 1 aromatic rings. The highest BCUT2D eigenvalue weighted by molar-refractivity contribution is 5.94. The maximum absolute atomic E-state index is 11.5. The Morgan fingerprint density at radius 1 is 1.22 bits per heavy atom. The number of benzene rings is 1. The number of nitrogens with zero attached hydrogens (tertiary/aromatic N) is 1. The SMILES string of the molecule is NC(=O)c1ccccc1C1CCN2CCCC1C2. The second kappa shape index (κ2) is 4.73. The van der Waals surface area contributed by atoms with Crippen molar-refractivity contribution in [1.82, 2.24) is 4.90 Å². The van der Waals surface area contributed by atoms with Crippen LogP contribution in [0.5, 0.6) is 0 Å². The molecule has 18 heavy (non-hydrogen) atoms. The highest BCUT2D eigenvalue weighted by Gasteiger charge is 2.34. The number of carbonyl (C=O) groups excluding carboxylic acids is 1. The predicted molar refractivity (Wildman–Crippen MR) is 71.5 cm³/mol. The number of piperidine rings is 2. The first-order chi connectivity index (χ1) is 8.75. The zero-order valence-corrected chi connectivity index (χ0v) is 10.6. The largest absolute Gasteiger partial charge is 0.366 e. The van der Waals surface area contributed by atoms with Gasteiger partial charge in [0.05, 0.1) is 0 Å². The molecule has 2 aliphatic rings. The van der Waals surface area contributed by atoms with Crippen molar-refractivity contribution in [3.63, 3.8) is 0 Å². The van der Waals surface area contributed by atoms with Gasteiger partial charge in [0.15, 0.2) is 0 Å². The fourth-order valence-corrected chi connectivity index (χ4v) is 3.63. The van der Waals surface area contributed by atoms with Crippen LogP contribution in [0.15, 0.2) is 24.3 Å². The Hall–Kier alpha value is -1.35. The molecule has 0 aromatic heterocycles. The van der Waals surface area contributed by atoms with Crippen molar-refractivity contribution in [3.05, 3.63) is 35.4 Å². The molecule has 2 bridgehead atoms. The molecular weight excluding hydrogens is 224 g/mol. The zero-order chi connectivity index (χ0) is 12.5. The van der Waals surface area contributed by atoms with Gasteiger partial charge >= 0.3 is 0 Å². The van der Waals surface area contributed by atoms with E-state index in [1.165, 1.54) is 31.5 Å². The normalized spacial score (nSPS) is 31.0. The first-order valence-electron chi connectivity index (χ1n) is 6.87. The fourth-order valence-electron chi connectivity index (χ4n) is 3.63. The third-order valence-electron chi connectivity index (χ3n) is 4.49. The van der Waals surface area contributed by atoms with Crippen molar-refractivity contribution in [2.75, 3.05) is 19.6 Å². The van der Waals surface area contributed by atoms with Crippen molar-refractivity contribution >= 4 is 5.91 Å². The molecule has 0 aliphatic carbocycles. The lowest BCUT2D eigenvalue weighted by Crippen LogP contribution is -2.44. The molecule has 1 aromatic carbocycles. The average Bonchev–Trinajstić information content (AvgIpc) is 2.39. The number of primary amides is 1. The number of hydrogen-bond donors (Lipinski definition) is 1. The summed E-state index contributed by atoms with van der Waals surface area (Å²) in [6, 6.07) is 7.89. The van der Waals surface area contributed by atoms with E-state index < -0.39 is 0 Å². The van der Waals surface area contributed by atoms with E-state index in [-0.39, 0.29) is 5.91 Å². The summed E-state index contributed by atoms with van der Waals surface area (Å²) in [5.41, 5.74) is 7.40. The van der Waals surface area contributed by atoms with Crippen molar-refractivity contribution in [2.24, 2.45) is 11.7 Å². The van der Waals surface area contributed by atoms with E-state index in [2.05, 4.69) is 11.0 Å². The van der Waals surface area contributed by atoms with Gasteiger partial charge in [-0.25, -0.2) is 0 Å². The van der Waals surface area contributed by atoms with Crippen LogP contribution in [-0.4, -0.2) is 30.4 Å². The van der Waals surface area contributed by atoms with E-state index in [0.717, 1.165) is 18.5 Å². The maximum Gasteiger partial charge on any atom is 0.248 e. The number of fused-ring (bicyclic) bond motifs is 2. The lowest BCUT2D eigenvalue weighted by Gasteiger charge is -2.43. The van der Waals surface area contributed by atoms with E-state index in [4.69, 9.17) is 5.73 Å². The summed E-state index contributed by atoms with van der Waals surface area (Å²) < 4.78 is 0. The average molecular weight is 244 g/mol. The van der Waals surface area contributed by atoms with Crippen molar-refractivity contribution in [1.29, 1.82) is 0 Å². The standard InChI is InChI=1S/C15H20N2O/c16-15(18)14-6-2-1-5-13(14)12-7-9-17-8-3-4-11(12)10-17/h1-2,5-6,11-12H,3-4,7-10H2,(H2,16,18). The fraction of sp³-hybridized carbons (Fsp3) is 0.533. The maximum atomic E-state index is 11.5. The summed E-state index contributed by atoms with van der Waals surface area (Å²) in [5, 5.41) is 0. The summed E-state index contributed by atoms with van der Waals surface area (Å²) in [6.07, 6.45) is 3.74. The third-order valence-corrected chi connectivity index (χ3v) is 4.49. The Kier molecular flexibility index (Phi) is 3.08. The highest BCUT2D eigenvalue weighted by Crippen LogP contribution is 2.39. The van der Waals surface area contributed by atoms with E-state index in [0.29, 0.717) is 11.8 Å². The number of carbonyl (C=O) groups is 1. The van der Waals surface area contributed by atoms with Crippen molar-refractivity contribution < 1.29 is 4.79 Å². The molecule has 3 rings (SSSR count). The van der Waals surface area contributed by atoms with Crippen molar-refractivity contribution in [2.45, 2.75) is 25.2 Å². The molecule has 3 heteroatoms. The van der Waals surface area contributed by atoms with E-state index in [1.54, 1.807) is 0 Å². The summed E-state index contributed by atoms with van der Waals surface area (Å²) in [4.78, 5) is 14.1. The molecule has 3 unspecified atom stereocenters. The first kappa shape index (κ1) is 11.7. The lowest BCUT2D eigenvalue weighted by molar-refractivity contribution is 0.0975. The molecule has 2 saturated heterocycles. The number of nitrogens with two attached hydrogens (primary N) is 1. The molecule has 2 aliphatic heterocycles. The van der Waals surface area contributed by atoms with Gasteiger partial charge in [0.2, 0.25) is 5.91 Å². The van der Waals surface area contributed by atoms with Gasteiger partial charge in [0.25, 0.3) is 0 Å². The van der Waals surface area contributed by atoms with Crippen LogP contribution >= 0.6 is 0 Å². The number of hydrogen-bond acceptors (Lipinski definition) is 2. The molecule has 2 N–H and O–H groups in total. The minimum Gasteiger partial charge on any atom is -0.366 e. The minimum absolute atomic E-state index is 0.288. The van der Waals surface area contributed by atoms with Crippen LogP contribution in [0, 0.1) is 5.92 Å². The monoisotopic (exact) mass is 244 g/mol. The Morgan fingerprint density at radius 3 is 2.89 bits per heavy atom. The Morgan fingerprint density at radius 2 is 2.06 bits per heavy atom. The quantitative estimate of drug-likeness (QED) is 0.864.